The third kappa shape index (κ3) is 2.69. The number of rotatable bonds is 2. The van der Waals surface area contributed by atoms with Crippen LogP contribution in [0.1, 0.15) is 36.1 Å². The van der Waals surface area contributed by atoms with Crippen LogP contribution in [-0.4, -0.2) is 30.9 Å². The van der Waals surface area contributed by atoms with E-state index in [9.17, 15) is 0 Å². The van der Waals surface area contributed by atoms with Gasteiger partial charge in [0.2, 0.25) is 0 Å². The average Bonchev–Trinajstić information content (AvgIpc) is 3.01. The molecule has 2 fully saturated rings. The molecule has 120 valence electrons. The molecule has 3 atom stereocenters. The van der Waals surface area contributed by atoms with Gasteiger partial charge in [-0.3, -0.25) is 4.90 Å². The lowest BCUT2D eigenvalue weighted by atomic mass is 9.93. The van der Waals surface area contributed by atoms with Gasteiger partial charge in [0.25, 0.3) is 0 Å². The van der Waals surface area contributed by atoms with Crippen LogP contribution in [0.4, 0.5) is 0 Å². The van der Waals surface area contributed by atoms with Crippen molar-refractivity contribution in [2.75, 3.05) is 20.2 Å². The maximum absolute atomic E-state index is 6.55. The Morgan fingerprint density at radius 1 is 0.957 bits per heavy atom. The molecular weight excluding hydrogens is 286 g/mol. The van der Waals surface area contributed by atoms with Crippen molar-refractivity contribution in [2.45, 2.75) is 30.8 Å². The molecule has 0 radical (unpaired) electrons. The number of benzene rings is 2. The van der Waals surface area contributed by atoms with Gasteiger partial charge >= 0.3 is 0 Å². The van der Waals surface area contributed by atoms with Crippen molar-refractivity contribution in [3.05, 3.63) is 71.8 Å². The van der Waals surface area contributed by atoms with E-state index >= 15 is 0 Å². The Hall–Kier alpha value is -1.68. The fraction of sp³-hybridized carbons (Fsp3) is 0.400. The first-order valence-corrected chi connectivity index (χ1v) is 8.40. The fourth-order valence-electron chi connectivity index (χ4n) is 3.95. The number of ether oxygens (including phenoxy) is 2. The van der Waals surface area contributed by atoms with Crippen LogP contribution in [0.25, 0.3) is 0 Å². The van der Waals surface area contributed by atoms with Crippen molar-refractivity contribution in [3.8, 4) is 0 Å². The van der Waals surface area contributed by atoms with Gasteiger partial charge in [-0.1, -0.05) is 60.7 Å². The van der Waals surface area contributed by atoms with Crippen molar-refractivity contribution < 1.29 is 9.47 Å². The Morgan fingerprint density at radius 3 is 2.30 bits per heavy atom. The highest BCUT2D eigenvalue weighted by atomic mass is 16.7. The summed E-state index contributed by atoms with van der Waals surface area (Å²) in [6.07, 6.45) is 2.05. The van der Waals surface area contributed by atoms with Crippen LogP contribution in [0.2, 0.25) is 0 Å². The van der Waals surface area contributed by atoms with Crippen molar-refractivity contribution in [2.24, 2.45) is 0 Å². The molecule has 23 heavy (non-hydrogen) atoms. The average molecular weight is 309 g/mol. The molecular formula is C20H23NO2. The van der Waals surface area contributed by atoms with Crippen LogP contribution >= 0.6 is 0 Å². The zero-order valence-corrected chi connectivity index (χ0v) is 13.5. The van der Waals surface area contributed by atoms with E-state index in [1.165, 1.54) is 11.1 Å². The SMILES string of the molecule is CN1CCOC2(CCC(c3ccccc3)O2)C1c1ccccc1. The molecule has 1 spiro atoms. The Labute approximate surface area is 137 Å². The Morgan fingerprint density at radius 2 is 1.61 bits per heavy atom. The molecule has 0 aromatic heterocycles. The van der Waals surface area contributed by atoms with E-state index < -0.39 is 5.79 Å². The second-order valence-electron chi connectivity index (χ2n) is 6.51. The summed E-state index contributed by atoms with van der Waals surface area (Å²) in [5.41, 5.74) is 2.51. The predicted octanol–water partition coefficient (Wildman–Crippen LogP) is 3.94. The molecule has 2 aliphatic rings. The molecule has 2 saturated heterocycles. The van der Waals surface area contributed by atoms with Gasteiger partial charge in [-0.05, 0) is 24.6 Å². The number of nitrogens with zero attached hydrogens (tertiary/aromatic N) is 1. The lowest BCUT2D eigenvalue weighted by molar-refractivity contribution is -0.285. The van der Waals surface area contributed by atoms with Crippen LogP contribution in [0.15, 0.2) is 60.7 Å². The molecule has 2 aromatic carbocycles. The second kappa shape index (κ2) is 6.08. The van der Waals surface area contributed by atoms with Gasteiger partial charge in [0, 0.05) is 13.0 Å². The lowest BCUT2D eigenvalue weighted by Gasteiger charge is -2.46. The minimum Gasteiger partial charge on any atom is -0.347 e. The molecule has 0 saturated carbocycles. The summed E-state index contributed by atoms with van der Waals surface area (Å²) in [5, 5.41) is 0. The van der Waals surface area contributed by atoms with Gasteiger partial charge in [0.1, 0.15) is 0 Å². The maximum atomic E-state index is 6.55. The van der Waals surface area contributed by atoms with Gasteiger partial charge in [-0.15, -0.1) is 0 Å². The second-order valence-corrected chi connectivity index (χ2v) is 6.51. The van der Waals surface area contributed by atoms with Gasteiger partial charge in [-0.2, -0.15) is 0 Å². The predicted molar refractivity (Wildman–Crippen MR) is 90.0 cm³/mol. The lowest BCUT2D eigenvalue weighted by Crippen LogP contribution is -2.52. The molecule has 3 nitrogen and oxygen atoms in total. The van der Waals surface area contributed by atoms with Gasteiger partial charge in [0.05, 0.1) is 18.8 Å². The highest BCUT2D eigenvalue weighted by Gasteiger charge is 2.52. The highest BCUT2D eigenvalue weighted by molar-refractivity contribution is 5.24. The minimum atomic E-state index is -0.533. The first kappa shape index (κ1) is 14.9. The quantitative estimate of drug-likeness (QED) is 0.839. The summed E-state index contributed by atoms with van der Waals surface area (Å²) in [5.74, 6) is -0.533. The minimum absolute atomic E-state index is 0.119. The topological polar surface area (TPSA) is 21.7 Å². The van der Waals surface area contributed by atoms with E-state index in [0.717, 1.165) is 26.0 Å². The molecule has 0 N–H and O–H groups in total. The van der Waals surface area contributed by atoms with Crippen LogP contribution < -0.4 is 0 Å². The molecule has 2 heterocycles. The molecule has 2 aromatic rings. The van der Waals surface area contributed by atoms with E-state index in [1.807, 2.05) is 6.07 Å². The van der Waals surface area contributed by atoms with Crippen LogP contribution in [0.5, 0.6) is 0 Å². The Bertz CT molecular complexity index is 645. The Balaban J connectivity index is 1.65. The molecule has 0 amide bonds. The van der Waals surface area contributed by atoms with Gasteiger partial charge in [0.15, 0.2) is 5.79 Å². The summed E-state index contributed by atoms with van der Waals surface area (Å²) in [7, 11) is 2.17. The van der Waals surface area contributed by atoms with Crippen LogP contribution in [0.3, 0.4) is 0 Å². The Kier molecular flexibility index (Phi) is 3.93. The van der Waals surface area contributed by atoms with Crippen LogP contribution in [0, 0.1) is 0 Å². The summed E-state index contributed by atoms with van der Waals surface area (Å²) < 4.78 is 12.8. The normalized spacial score (nSPS) is 31.5. The smallest absolute Gasteiger partial charge is 0.188 e. The number of hydrogen-bond donors (Lipinski definition) is 0. The van der Waals surface area contributed by atoms with Crippen molar-refractivity contribution >= 4 is 0 Å². The van der Waals surface area contributed by atoms with E-state index in [0.29, 0.717) is 0 Å². The first-order chi connectivity index (χ1) is 11.3. The van der Waals surface area contributed by atoms with Crippen molar-refractivity contribution in [1.82, 2.24) is 4.90 Å². The van der Waals surface area contributed by atoms with Crippen LogP contribution in [-0.2, 0) is 9.47 Å². The standard InChI is InChI=1S/C20H23NO2/c1-21-14-15-22-20(19(21)17-10-6-3-7-11-17)13-12-18(23-20)16-8-4-2-5-9-16/h2-11,18-19H,12-15H2,1H3. The zero-order chi connectivity index (χ0) is 15.7. The largest absolute Gasteiger partial charge is 0.347 e. The maximum Gasteiger partial charge on any atom is 0.188 e. The number of morpholine rings is 1. The van der Waals surface area contributed by atoms with E-state index in [4.69, 9.17) is 9.47 Å². The van der Waals surface area contributed by atoms with Crippen molar-refractivity contribution in [3.63, 3.8) is 0 Å². The van der Waals surface area contributed by atoms with E-state index in [2.05, 4.69) is 66.5 Å². The third-order valence-electron chi connectivity index (χ3n) is 5.03. The van der Waals surface area contributed by atoms with E-state index in [-0.39, 0.29) is 12.1 Å². The molecule has 2 aliphatic heterocycles. The monoisotopic (exact) mass is 309 g/mol. The molecule has 4 rings (SSSR count). The number of likely N-dealkylation sites (N-methyl/N-ethyl adjacent to an activating group) is 1. The zero-order valence-electron chi connectivity index (χ0n) is 13.5. The molecule has 3 unspecified atom stereocenters. The summed E-state index contributed by atoms with van der Waals surface area (Å²) in [6, 6.07) is 21.2. The summed E-state index contributed by atoms with van der Waals surface area (Å²) in [4.78, 5) is 2.37. The highest BCUT2D eigenvalue weighted by Crippen LogP contribution is 2.50. The molecule has 3 heteroatoms. The number of hydrogen-bond acceptors (Lipinski definition) is 3. The molecule has 0 bridgehead atoms. The fourth-order valence-corrected chi connectivity index (χ4v) is 3.95. The van der Waals surface area contributed by atoms with Gasteiger partial charge < -0.3 is 9.47 Å². The first-order valence-electron chi connectivity index (χ1n) is 8.40. The molecule has 0 aliphatic carbocycles. The third-order valence-corrected chi connectivity index (χ3v) is 5.03. The van der Waals surface area contributed by atoms with Gasteiger partial charge in [-0.25, -0.2) is 0 Å². The summed E-state index contributed by atoms with van der Waals surface area (Å²) in [6.45, 7) is 1.65. The summed E-state index contributed by atoms with van der Waals surface area (Å²) >= 11 is 0. The van der Waals surface area contributed by atoms with E-state index in [1.54, 1.807) is 0 Å². The van der Waals surface area contributed by atoms with Crippen molar-refractivity contribution in [1.29, 1.82) is 0 Å².